The van der Waals surface area contributed by atoms with Gasteiger partial charge in [0, 0.05) is 19.0 Å². The number of carboxylic acid groups (broad SMARTS) is 1. The third kappa shape index (κ3) is 4.12. The molecule has 1 N–H and O–H groups in total. The number of hydrogen-bond acceptors (Lipinski definition) is 3. The first-order valence-corrected chi connectivity index (χ1v) is 8.05. The van der Waals surface area contributed by atoms with Gasteiger partial charge in [0.15, 0.2) is 0 Å². The minimum absolute atomic E-state index is 0.0736. The average molecular weight is 357 g/mol. The fourth-order valence-electron chi connectivity index (χ4n) is 3.23. The number of amides is 1. The first kappa shape index (κ1) is 17.7. The van der Waals surface area contributed by atoms with E-state index in [0.717, 1.165) is 17.7 Å². The number of rotatable bonds is 4. The summed E-state index contributed by atoms with van der Waals surface area (Å²) < 4.78 is 43.1. The first-order valence-electron chi connectivity index (χ1n) is 8.05. The summed E-state index contributed by atoms with van der Waals surface area (Å²) in [6.45, 7) is 0.938. The highest BCUT2D eigenvalue weighted by Gasteiger charge is 2.46. The molecule has 3 unspecified atom stereocenters. The molecule has 2 aliphatic rings. The van der Waals surface area contributed by atoms with Crippen molar-refractivity contribution in [2.24, 2.45) is 5.92 Å². The predicted molar refractivity (Wildman–Crippen MR) is 80.9 cm³/mol. The van der Waals surface area contributed by atoms with Crippen molar-refractivity contribution in [2.45, 2.75) is 31.0 Å². The van der Waals surface area contributed by atoms with Crippen molar-refractivity contribution < 1.29 is 32.6 Å². The van der Waals surface area contributed by atoms with Crippen LogP contribution >= 0.6 is 0 Å². The lowest BCUT2D eigenvalue weighted by Gasteiger charge is -2.32. The fraction of sp³-hybridized carbons (Fsp3) is 0.529. The number of halogens is 3. The summed E-state index contributed by atoms with van der Waals surface area (Å²) in [4.78, 5) is 24.9. The minimum atomic E-state index is -4.37. The van der Waals surface area contributed by atoms with Crippen LogP contribution in [0.4, 0.5) is 13.2 Å². The molecule has 1 saturated heterocycles. The molecule has 5 nitrogen and oxygen atoms in total. The minimum Gasteiger partial charge on any atom is -0.481 e. The van der Waals surface area contributed by atoms with Crippen LogP contribution < -0.4 is 0 Å². The smallest absolute Gasteiger partial charge is 0.416 e. The lowest BCUT2D eigenvalue weighted by Crippen LogP contribution is -2.47. The highest BCUT2D eigenvalue weighted by molar-refractivity contribution is 5.83. The van der Waals surface area contributed by atoms with Crippen molar-refractivity contribution in [2.75, 3.05) is 19.7 Å². The second kappa shape index (κ2) is 6.67. The van der Waals surface area contributed by atoms with Gasteiger partial charge in [-0.3, -0.25) is 9.59 Å². The summed E-state index contributed by atoms with van der Waals surface area (Å²) in [5.74, 6) is -1.38. The Morgan fingerprint density at radius 3 is 2.52 bits per heavy atom. The predicted octanol–water partition coefficient (Wildman–Crippen LogP) is 2.51. The molecule has 2 fully saturated rings. The molecule has 1 heterocycles. The van der Waals surface area contributed by atoms with Gasteiger partial charge in [0.1, 0.15) is 0 Å². The maximum absolute atomic E-state index is 12.6. The number of ether oxygens (including phenoxy) is 1. The van der Waals surface area contributed by atoms with Crippen molar-refractivity contribution >= 4 is 11.9 Å². The monoisotopic (exact) mass is 357 g/mol. The highest BCUT2D eigenvalue weighted by atomic mass is 19.4. The molecule has 3 atom stereocenters. The lowest BCUT2D eigenvalue weighted by atomic mass is 10.1. The molecule has 1 aromatic rings. The second-order valence-electron chi connectivity index (χ2n) is 6.44. The molecular weight excluding hydrogens is 339 g/mol. The maximum Gasteiger partial charge on any atom is 0.416 e. The third-order valence-corrected chi connectivity index (χ3v) is 4.63. The van der Waals surface area contributed by atoms with Crippen LogP contribution in [0.2, 0.25) is 0 Å². The standard InChI is InChI=1S/C17H18F3NO4/c18-17(19,20)11-3-1-10(2-4-11)13-8-14(13)16(24)21-5-6-25-12(9-21)7-15(22)23/h1-4,12-14H,5-9H2,(H,22,23). The zero-order valence-electron chi connectivity index (χ0n) is 13.3. The summed E-state index contributed by atoms with van der Waals surface area (Å²) in [7, 11) is 0. The SMILES string of the molecule is O=C(O)CC1CN(C(=O)C2CC2c2ccc(C(F)(F)F)cc2)CCO1. The molecule has 1 aromatic carbocycles. The van der Waals surface area contributed by atoms with Gasteiger partial charge in [-0.05, 0) is 30.0 Å². The number of carbonyl (C=O) groups is 2. The summed E-state index contributed by atoms with van der Waals surface area (Å²) in [6.07, 6.45) is -4.44. The zero-order valence-corrected chi connectivity index (χ0v) is 13.3. The van der Waals surface area contributed by atoms with Gasteiger partial charge in [-0.15, -0.1) is 0 Å². The van der Waals surface area contributed by atoms with Gasteiger partial charge in [0.05, 0.1) is 24.7 Å². The summed E-state index contributed by atoms with van der Waals surface area (Å²) in [5, 5.41) is 8.82. The number of carboxylic acids is 1. The van der Waals surface area contributed by atoms with Crippen LogP contribution in [0.25, 0.3) is 0 Å². The van der Waals surface area contributed by atoms with E-state index in [-0.39, 0.29) is 30.7 Å². The van der Waals surface area contributed by atoms with Gasteiger partial charge in [-0.25, -0.2) is 0 Å². The topological polar surface area (TPSA) is 66.8 Å². The number of hydrogen-bond donors (Lipinski definition) is 1. The molecule has 1 amide bonds. The molecular formula is C17H18F3NO4. The van der Waals surface area contributed by atoms with Crippen molar-refractivity contribution in [1.82, 2.24) is 4.90 Å². The molecule has 0 bridgehead atoms. The Morgan fingerprint density at radius 1 is 1.24 bits per heavy atom. The quantitative estimate of drug-likeness (QED) is 0.899. The highest BCUT2D eigenvalue weighted by Crippen LogP contribution is 2.49. The number of nitrogens with zero attached hydrogens (tertiary/aromatic N) is 1. The van der Waals surface area contributed by atoms with Gasteiger partial charge < -0.3 is 14.7 Å². The average Bonchev–Trinajstić information content (AvgIpc) is 3.34. The van der Waals surface area contributed by atoms with Crippen LogP contribution in [0.15, 0.2) is 24.3 Å². The van der Waals surface area contributed by atoms with Gasteiger partial charge in [-0.2, -0.15) is 13.2 Å². The zero-order chi connectivity index (χ0) is 18.2. The van der Waals surface area contributed by atoms with Crippen LogP contribution in [0.1, 0.15) is 29.9 Å². The molecule has 3 rings (SSSR count). The number of morpholine rings is 1. The Bertz CT molecular complexity index is 659. The molecule has 1 aliphatic carbocycles. The van der Waals surface area contributed by atoms with E-state index in [1.165, 1.54) is 12.1 Å². The number of aliphatic carboxylic acids is 1. The summed E-state index contributed by atoms with van der Waals surface area (Å²) in [6, 6.07) is 4.92. The van der Waals surface area contributed by atoms with E-state index in [9.17, 15) is 22.8 Å². The number of alkyl halides is 3. The van der Waals surface area contributed by atoms with Gasteiger partial charge >= 0.3 is 12.1 Å². The maximum atomic E-state index is 12.6. The molecule has 1 aliphatic heterocycles. The van der Waals surface area contributed by atoms with Crippen LogP contribution in [-0.4, -0.2) is 47.7 Å². The lowest BCUT2D eigenvalue weighted by molar-refractivity contribution is -0.148. The van der Waals surface area contributed by atoms with E-state index in [2.05, 4.69) is 0 Å². The van der Waals surface area contributed by atoms with Crippen molar-refractivity contribution in [3.63, 3.8) is 0 Å². The summed E-state index contributed by atoms with van der Waals surface area (Å²) >= 11 is 0. The molecule has 136 valence electrons. The van der Waals surface area contributed by atoms with Gasteiger partial charge in [-0.1, -0.05) is 12.1 Å². The number of carbonyl (C=O) groups excluding carboxylic acids is 1. The third-order valence-electron chi connectivity index (χ3n) is 4.63. The van der Waals surface area contributed by atoms with Crippen LogP contribution in [0.3, 0.4) is 0 Å². The van der Waals surface area contributed by atoms with Crippen LogP contribution in [0, 0.1) is 5.92 Å². The second-order valence-corrected chi connectivity index (χ2v) is 6.44. The van der Waals surface area contributed by atoms with E-state index < -0.39 is 23.8 Å². The molecule has 1 saturated carbocycles. The largest absolute Gasteiger partial charge is 0.481 e. The van der Waals surface area contributed by atoms with E-state index in [1.807, 2.05) is 0 Å². The van der Waals surface area contributed by atoms with E-state index in [0.29, 0.717) is 19.6 Å². The fourth-order valence-corrected chi connectivity index (χ4v) is 3.23. The Morgan fingerprint density at radius 2 is 1.92 bits per heavy atom. The van der Waals surface area contributed by atoms with E-state index >= 15 is 0 Å². The van der Waals surface area contributed by atoms with Crippen LogP contribution in [-0.2, 0) is 20.5 Å². The van der Waals surface area contributed by atoms with Gasteiger partial charge in [0.25, 0.3) is 0 Å². The first-order chi connectivity index (χ1) is 11.8. The Balaban J connectivity index is 1.59. The normalized spacial score (nSPS) is 26.4. The van der Waals surface area contributed by atoms with Crippen LogP contribution in [0.5, 0.6) is 0 Å². The Labute approximate surface area is 142 Å². The Kier molecular flexibility index (Phi) is 4.73. The van der Waals surface area contributed by atoms with E-state index in [1.54, 1.807) is 4.90 Å². The van der Waals surface area contributed by atoms with Crippen molar-refractivity contribution in [3.05, 3.63) is 35.4 Å². The number of benzene rings is 1. The molecule has 0 aromatic heterocycles. The molecule has 0 radical (unpaired) electrons. The molecule has 25 heavy (non-hydrogen) atoms. The van der Waals surface area contributed by atoms with E-state index in [4.69, 9.17) is 9.84 Å². The Hall–Kier alpha value is -2.09. The van der Waals surface area contributed by atoms with Crippen molar-refractivity contribution in [3.8, 4) is 0 Å². The molecule has 0 spiro atoms. The van der Waals surface area contributed by atoms with Crippen molar-refractivity contribution in [1.29, 1.82) is 0 Å². The van der Waals surface area contributed by atoms with Gasteiger partial charge in [0.2, 0.25) is 5.91 Å². The molecule has 8 heteroatoms. The summed E-state index contributed by atoms with van der Waals surface area (Å²) in [5.41, 5.74) is 0.0196.